The van der Waals surface area contributed by atoms with E-state index in [4.69, 9.17) is 9.84 Å². The molecule has 0 aliphatic carbocycles. The van der Waals surface area contributed by atoms with E-state index in [2.05, 4.69) is 23.3 Å². The lowest BCUT2D eigenvalue weighted by Crippen LogP contribution is -2.51. The molecule has 0 fully saturated rings. The average Bonchev–Trinajstić information content (AvgIpc) is 2.19. The zero-order valence-electron chi connectivity index (χ0n) is 11.4. The molecule has 110 valence electrons. The molecule has 0 aliphatic heterocycles. The summed E-state index contributed by atoms with van der Waals surface area (Å²) in [6.07, 6.45) is -0.846. The van der Waals surface area contributed by atoms with Gasteiger partial charge in [0.2, 0.25) is 5.91 Å². The van der Waals surface area contributed by atoms with Crippen molar-refractivity contribution in [1.29, 1.82) is 0 Å². The van der Waals surface area contributed by atoms with E-state index in [1.54, 1.807) is 20.8 Å². The quantitative estimate of drug-likeness (QED) is 0.549. The van der Waals surface area contributed by atoms with Crippen LogP contribution in [0.5, 0.6) is 0 Å². The summed E-state index contributed by atoms with van der Waals surface area (Å²) < 4.78 is 4.96. The highest BCUT2D eigenvalue weighted by Crippen LogP contribution is 2.08. The van der Waals surface area contributed by atoms with Crippen LogP contribution in [-0.4, -0.2) is 46.5 Å². The van der Waals surface area contributed by atoms with Gasteiger partial charge in [0, 0.05) is 13.5 Å². The van der Waals surface area contributed by atoms with Gasteiger partial charge in [0.1, 0.15) is 11.6 Å². The molecular weight excluding hydrogens is 272 g/mol. The molecule has 0 bridgehead atoms. The van der Waals surface area contributed by atoms with Gasteiger partial charge in [0.15, 0.2) is 0 Å². The number of aliphatic carboxylic acids is 1. The number of carboxylic acids is 1. The van der Waals surface area contributed by atoms with Crippen molar-refractivity contribution in [2.45, 2.75) is 44.6 Å². The molecule has 19 heavy (non-hydrogen) atoms. The van der Waals surface area contributed by atoms with E-state index in [0.717, 1.165) is 0 Å². The molecule has 0 radical (unpaired) electrons. The van der Waals surface area contributed by atoms with Crippen LogP contribution in [0.1, 0.15) is 27.7 Å². The van der Waals surface area contributed by atoms with Crippen LogP contribution in [0.3, 0.4) is 0 Å². The fourth-order valence-electron chi connectivity index (χ4n) is 1.12. The zero-order chi connectivity index (χ0) is 15.2. The fourth-order valence-corrected chi connectivity index (χ4v) is 1.42. The van der Waals surface area contributed by atoms with Crippen molar-refractivity contribution in [3.05, 3.63) is 0 Å². The van der Waals surface area contributed by atoms with Crippen LogP contribution in [0.2, 0.25) is 0 Å². The van der Waals surface area contributed by atoms with E-state index in [-0.39, 0.29) is 12.5 Å². The van der Waals surface area contributed by atoms with Crippen molar-refractivity contribution in [2.24, 2.45) is 0 Å². The highest BCUT2D eigenvalue weighted by Gasteiger charge is 2.29. The highest BCUT2D eigenvalue weighted by molar-refractivity contribution is 7.81. The van der Waals surface area contributed by atoms with E-state index < -0.39 is 29.0 Å². The Kier molecular flexibility index (Phi) is 6.68. The largest absolute Gasteiger partial charge is 0.480 e. The van der Waals surface area contributed by atoms with E-state index in [1.807, 2.05) is 0 Å². The Hall–Kier alpha value is -1.44. The molecule has 0 aliphatic rings. The first-order valence-corrected chi connectivity index (χ1v) is 6.19. The third-order valence-electron chi connectivity index (χ3n) is 1.88. The summed E-state index contributed by atoms with van der Waals surface area (Å²) in [7, 11) is 0. The number of hydrogen-bond acceptors (Lipinski definition) is 5. The van der Waals surface area contributed by atoms with Crippen LogP contribution in [0.4, 0.5) is 4.79 Å². The van der Waals surface area contributed by atoms with Crippen molar-refractivity contribution < 1.29 is 24.2 Å². The predicted molar refractivity (Wildman–Crippen MR) is 72.3 cm³/mol. The van der Waals surface area contributed by atoms with Gasteiger partial charge in [0.25, 0.3) is 0 Å². The van der Waals surface area contributed by atoms with Crippen molar-refractivity contribution in [2.75, 3.05) is 6.54 Å². The molecule has 3 N–H and O–H groups in total. The highest BCUT2D eigenvalue weighted by atomic mass is 32.1. The van der Waals surface area contributed by atoms with Crippen LogP contribution < -0.4 is 10.6 Å². The van der Waals surface area contributed by atoms with Gasteiger partial charge in [-0.15, -0.1) is 0 Å². The summed E-state index contributed by atoms with van der Waals surface area (Å²) in [5, 5.41) is 12.9. The van der Waals surface area contributed by atoms with E-state index in [1.165, 1.54) is 6.92 Å². The number of alkyl carbamates (subject to hydrolysis) is 1. The second kappa shape index (κ2) is 7.22. The summed E-state index contributed by atoms with van der Waals surface area (Å²) in [5.74, 6) is -1.56. The molecule has 2 atom stereocenters. The van der Waals surface area contributed by atoms with Crippen LogP contribution >= 0.6 is 12.6 Å². The lowest BCUT2D eigenvalue weighted by molar-refractivity contribution is -0.139. The first-order valence-electron chi connectivity index (χ1n) is 5.67. The van der Waals surface area contributed by atoms with Gasteiger partial charge in [-0.1, -0.05) is 0 Å². The number of rotatable bonds is 5. The molecule has 0 aromatic rings. The van der Waals surface area contributed by atoms with Gasteiger partial charge >= 0.3 is 12.1 Å². The molecular formula is C11H20N2O5S. The standard InChI is InChI=1S/C11H20N2O5S/c1-6(14)12-5-7(19)8(9(15)16)13-10(17)18-11(2,3)4/h7-8,19H,5H2,1-4H3,(H,12,14)(H,13,17)(H,15,16). The first kappa shape index (κ1) is 17.6. The van der Waals surface area contributed by atoms with Crippen molar-refractivity contribution in [1.82, 2.24) is 10.6 Å². The summed E-state index contributed by atoms with van der Waals surface area (Å²) >= 11 is 4.06. The molecule has 7 nitrogen and oxygen atoms in total. The molecule has 8 heteroatoms. The van der Waals surface area contributed by atoms with Crippen molar-refractivity contribution >= 4 is 30.6 Å². The summed E-state index contributed by atoms with van der Waals surface area (Å²) in [6, 6.07) is -1.26. The zero-order valence-corrected chi connectivity index (χ0v) is 12.3. The Morgan fingerprint density at radius 3 is 2.21 bits per heavy atom. The van der Waals surface area contributed by atoms with Crippen LogP contribution in [-0.2, 0) is 14.3 Å². The second-order valence-corrected chi connectivity index (χ2v) is 5.63. The predicted octanol–water partition coefficient (Wildman–Crippen LogP) is 0.399. The number of nitrogens with one attached hydrogen (secondary N) is 2. The first-order chi connectivity index (χ1) is 8.53. The summed E-state index contributed by atoms with van der Waals surface area (Å²) in [4.78, 5) is 33.3. The lowest BCUT2D eigenvalue weighted by Gasteiger charge is -2.24. The number of hydrogen-bond donors (Lipinski definition) is 4. The lowest BCUT2D eigenvalue weighted by atomic mass is 10.2. The maximum Gasteiger partial charge on any atom is 0.408 e. The summed E-state index contributed by atoms with van der Waals surface area (Å²) in [5.41, 5.74) is -0.725. The topological polar surface area (TPSA) is 105 Å². The molecule has 2 amide bonds. The second-order valence-electron chi connectivity index (χ2n) is 4.97. The van der Waals surface area contributed by atoms with Gasteiger partial charge < -0.3 is 20.5 Å². The van der Waals surface area contributed by atoms with Gasteiger partial charge in [-0.3, -0.25) is 4.79 Å². The number of thiol groups is 1. The monoisotopic (exact) mass is 292 g/mol. The Labute approximate surface area is 117 Å². The SMILES string of the molecule is CC(=O)NCC(S)C(NC(=O)OC(C)(C)C)C(=O)O. The third kappa shape index (κ3) is 8.30. The number of amides is 2. The Balaban J connectivity index is 4.53. The molecule has 0 rings (SSSR count). The molecule has 0 heterocycles. The Morgan fingerprint density at radius 1 is 1.32 bits per heavy atom. The summed E-state index contributed by atoms with van der Waals surface area (Å²) in [6.45, 7) is 6.32. The number of ether oxygens (including phenoxy) is 1. The minimum absolute atomic E-state index is 0.0191. The average molecular weight is 292 g/mol. The van der Waals surface area contributed by atoms with Gasteiger partial charge in [-0.05, 0) is 20.8 Å². The number of carbonyl (C=O) groups excluding carboxylic acids is 2. The van der Waals surface area contributed by atoms with Gasteiger partial charge in [-0.2, -0.15) is 12.6 Å². The number of carbonyl (C=O) groups is 3. The van der Waals surface area contributed by atoms with E-state index in [9.17, 15) is 14.4 Å². The third-order valence-corrected chi connectivity index (χ3v) is 2.36. The van der Waals surface area contributed by atoms with E-state index >= 15 is 0 Å². The van der Waals surface area contributed by atoms with Crippen LogP contribution in [0, 0.1) is 0 Å². The number of carboxylic acid groups (broad SMARTS) is 1. The molecule has 0 aromatic carbocycles. The molecule has 0 saturated carbocycles. The maximum atomic E-state index is 11.5. The molecule has 0 spiro atoms. The Morgan fingerprint density at radius 2 is 1.84 bits per heavy atom. The van der Waals surface area contributed by atoms with E-state index in [0.29, 0.717) is 0 Å². The minimum atomic E-state index is -1.26. The van der Waals surface area contributed by atoms with Crippen LogP contribution in [0.15, 0.2) is 0 Å². The van der Waals surface area contributed by atoms with Crippen molar-refractivity contribution in [3.63, 3.8) is 0 Å². The van der Waals surface area contributed by atoms with Gasteiger partial charge in [0.05, 0.1) is 5.25 Å². The molecule has 0 aromatic heterocycles. The molecule has 2 unspecified atom stereocenters. The van der Waals surface area contributed by atoms with Gasteiger partial charge in [-0.25, -0.2) is 9.59 Å². The normalized spacial score (nSPS) is 14.2. The fraction of sp³-hybridized carbons (Fsp3) is 0.727. The minimum Gasteiger partial charge on any atom is -0.480 e. The smallest absolute Gasteiger partial charge is 0.408 e. The van der Waals surface area contributed by atoms with Crippen molar-refractivity contribution in [3.8, 4) is 0 Å². The Bertz CT molecular complexity index is 353. The van der Waals surface area contributed by atoms with Crippen LogP contribution in [0.25, 0.3) is 0 Å². The maximum absolute atomic E-state index is 11.5. The molecule has 0 saturated heterocycles.